The second-order valence-electron chi connectivity index (χ2n) is 4.64. The molecule has 0 aromatic heterocycles. The fourth-order valence-electron chi connectivity index (χ4n) is 1.89. The van der Waals surface area contributed by atoms with E-state index in [-0.39, 0.29) is 18.3 Å². The van der Waals surface area contributed by atoms with Gasteiger partial charge in [-0.3, -0.25) is 4.79 Å². The van der Waals surface area contributed by atoms with Crippen LogP contribution in [0.15, 0.2) is 48.5 Å². The van der Waals surface area contributed by atoms with Crippen LogP contribution >= 0.6 is 11.6 Å². The number of benzene rings is 2. The molecule has 2 aromatic carbocycles. The Balaban J connectivity index is 1.72. The Morgan fingerprint density at radius 2 is 1.81 bits per heavy atom. The van der Waals surface area contributed by atoms with Crippen molar-refractivity contribution in [2.24, 2.45) is 0 Å². The standard InChI is InChI=1S/C16H16ClFN2O/c17-14-6-13(7-15(18)8-14)9-19-11-16(21)20-10-12-4-2-1-3-5-12/h1-8,19H,9-11H2,(H,20,21). The zero-order valence-electron chi connectivity index (χ0n) is 11.4. The minimum atomic E-state index is -0.382. The van der Waals surface area contributed by atoms with Crippen molar-refractivity contribution in [2.45, 2.75) is 13.1 Å². The second-order valence-corrected chi connectivity index (χ2v) is 5.08. The third kappa shape index (κ3) is 5.53. The number of rotatable bonds is 6. The molecular weight excluding hydrogens is 291 g/mol. The van der Waals surface area contributed by atoms with Gasteiger partial charge in [0.1, 0.15) is 5.82 Å². The van der Waals surface area contributed by atoms with Gasteiger partial charge in [0, 0.05) is 18.1 Å². The third-order valence-electron chi connectivity index (χ3n) is 2.87. The Morgan fingerprint density at radius 3 is 2.52 bits per heavy atom. The molecule has 2 rings (SSSR count). The number of halogens is 2. The van der Waals surface area contributed by atoms with Crippen LogP contribution in [0.3, 0.4) is 0 Å². The zero-order chi connectivity index (χ0) is 15.1. The van der Waals surface area contributed by atoms with Crippen LogP contribution in [0.4, 0.5) is 4.39 Å². The molecule has 110 valence electrons. The van der Waals surface area contributed by atoms with Crippen molar-refractivity contribution in [1.82, 2.24) is 10.6 Å². The predicted molar refractivity (Wildman–Crippen MR) is 81.4 cm³/mol. The third-order valence-corrected chi connectivity index (χ3v) is 3.09. The van der Waals surface area contributed by atoms with E-state index in [2.05, 4.69) is 10.6 Å². The lowest BCUT2D eigenvalue weighted by molar-refractivity contribution is -0.120. The van der Waals surface area contributed by atoms with E-state index in [1.54, 1.807) is 6.07 Å². The van der Waals surface area contributed by atoms with Crippen molar-refractivity contribution in [3.8, 4) is 0 Å². The SMILES string of the molecule is O=C(CNCc1cc(F)cc(Cl)c1)NCc1ccccc1. The Morgan fingerprint density at radius 1 is 1.05 bits per heavy atom. The summed E-state index contributed by atoms with van der Waals surface area (Å²) < 4.78 is 13.1. The lowest BCUT2D eigenvalue weighted by Crippen LogP contribution is -2.33. The van der Waals surface area contributed by atoms with Gasteiger partial charge in [-0.25, -0.2) is 4.39 Å². The fraction of sp³-hybridized carbons (Fsp3) is 0.188. The van der Waals surface area contributed by atoms with Gasteiger partial charge in [0.05, 0.1) is 6.54 Å². The van der Waals surface area contributed by atoms with E-state index in [0.29, 0.717) is 23.7 Å². The molecule has 0 fully saturated rings. The molecule has 0 aliphatic rings. The summed E-state index contributed by atoms with van der Waals surface area (Å²) in [6.45, 7) is 1.05. The lowest BCUT2D eigenvalue weighted by atomic mass is 10.2. The van der Waals surface area contributed by atoms with E-state index in [9.17, 15) is 9.18 Å². The smallest absolute Gasteiger partial charge is 0.234 e. The molecule has 5 heteroatoms. The molecule has 0 heterocycles. The molecular formula is C16H16ClFN2O. The first-order valence-electron chi connectivity index (χ1n) is 6.60. The van der Waals surface area contributed by atoms with Gasteiger partial charge in [-0.1, -0.05) is 41.9 Å². The van der Waals surface area contributed by atoms with Crippen LogP contribution in [0, 0.1) is 5.82 Å². The van der Waals surface area contributed by atoms with E-state index in [4.69, 9.17) is 11.6 Å². The first-order valence-corrected chi connectivity index (χ1v) is 6.97. The van der Waals surface area contributed by atoms with E-state index in [0.717, 1.165) is 5.56 Å². The van der Waals surface area contributed by atoms with Crippen molar-refractivity contribution < 1.29 is 9.18 Å². The van der Waals surface area contributed by atoms with Crippen molar-refractivity contribution in [2.75, 3.05) is 6.54 Å². The normalized spacial score (nSPS) is 10.4. The molecule has 0 spiro atoms. The minimum Gasteiger partial charge on any atom is -0.351 e. The number of hydrogen-bond donors (Lipinski definition) is 2. The highest BCUT2D eigenvalue weighted by Gasteiger charge is 2.03. The molecule has 0 radical (unpaired) electrons. The van der Waals surface area contributed by atoms with E-state index < -0.39 is 0 Å². The summed E-state index contributed by atoms with van der Waals surface area (Å²) in [5.74, 6) is -0.491. The minimum absolute atomic E-state index is 0.110. The predicted octanol–water partition coefficient (Wildman–Crippen LogP) is 2.89. The van der Waals surface area contributed by atoms with Crippen LogP contribution in [0.5, 0.6) is 0 Å². The molecule has 0 atom stereocenters. The topological polar surface area (TPSA) is 41.1 Å². The van der Waals surface area contributed by atoms with Gasteiger partial charge in [-0.05, 0) is 29.3 Å². The first-order chi connectivity index (χ1) is 10.1. The molecule has 0 aliphatic carbocycles. The number of hydrogen-bond acceptors (Lipinski definition) is 2. The Hall–Kier alpha value is -1.91. The number of amides is 1. The second kappa shape index (κ2) is 7.76. The van der Waals surface area contributed by atoms with Crippen LogP contribution in [0.1, 0.15) is 11.1 Å². The highest BCUT2D eigenvalue weighted by Crippen LogP contribution is 2.13. The largest absolute Gasteiger partial charge is 0.351 e. The van der Waals surface area contributed by atoms with Crippen LogP contribution in [0.2, 0.25) is 5.02 Å². The van der Waals surface area contributed by atoms with Crippen LogP contribution in [-0.4, -0.2) is 12.5 Å². The molecule has 2 N–H and O–H groups in total. The summed E-state index contributed by atoms with van der Waals surface area (Å²) in [4.78, 5) is 11.7. The Labute approximate surface area is 128 Å². The molecule has 21 heavy (non-hydrogen) atoms. The molecule has 0 saturated heterocycles. The van der Waals surface area contributed by atoms with Gasteiger partial charge in [0.2, 0.25) is 5.91 Å². The van der Waals surface area contributed by atoms with Crippen molar-refractivity contribution >= 4 is 17.5 Å². The summed E-state index contributed by atoms with van der Waals surface area (Å²) in [7, 11) is 0. The number of carbonyl (C=O) groups is 1. The van der Waals surface area contributed by atoms with E-state index in [1.165, 1.54) is 12.1 Å². The zero-order valence-corrected chi connectivity index (χ0v) is 12.2. The number of nitrogens with one attached hydrogen (secondary N) is 2. The van der Waals surface area contributed by atoms with Crippen molar-refractivity contribution in [1.29, 1.82) is 0 Å². The average Bonchev–Trinajstić information content (AvgIpc) is 2.45. The van der Waals surface area contributed by atoms with E-state index in [1.807, 2.05) is 30.3 Å². The van der Waals surface area contributed by atoms with Crippen molar-refractivity contribution in [3.63, 3.8) is 0 Å². The van der Waals surface area contributed by atoms with Gasteiger partial charge in [-0.15, -0.1) is 0 Å². The van der Waals surface area contributed by atoms with Crippen LogP contribution in [-0.2, 0) is 17.9 Å². The van der Waals surface area contributed by atoms with Gasteiger partial charge in [-0.2, -0.15) is 0 Å². The summed E-state index contributed by atoms with van der Waals surface area (Å²) in [5, 5.41) is 6.11. The van der Waals surface area contributed by atoms with Crippen LogP contribution < -0.4 is 10.6 Å². The summed E-state index contributed by atoms with van der Waals surface area (Å²) in [6.07, 6.45) is 0. The van der Waals surface area contributed by atoms with Gasteiger partial charge in [0.15, 0.2) is 0 Å². The summed E-state index contributed by atoms with van der Waals surface area (Å²) in [5.41, 5.74) is 1.75. The maximum absolute atomic E-state index is 13.1. The van der Waals surface area contributed by atoms with Gasteiger partial charge in [0.25, 0.3) is 0 Å². The average molecular weight is 307 g/mol. The first kappa shape index (κ1) is 15.5. The molecule has 1 amide bonds. The summed E-state index contributed by atoms with van der Waals surface area (Å²) in [6, 6.07) is 14.0. The quantitative estimate of drug-likeness (QED) is 0.861. The number of carbonyl (C=O) groups excluding carboxylic acids is 1. The highest BCUT2D eigenvalue weighted by atomic mass is 35.5. The van der Waals surface area contributed by atoms with Crippen molar-refractivity contribution in [3.05, 3.63) is 70.5 Å². The molecule has 0 aliphatic heterocycles. The molecule has 3 nitrogen and oxygen atoms in total. The highest BCUT2D eigenvalue weighted by molar-refractivity contribution is 6.30. The van der Waals surface area contributed by atoms with Gasteiger partial charge < -0.3 is 10.6 Å². The molecule has 0 saturated carbocycles. The molecule has 2 aromatic rings. The Bertz CT molecular complexity index is 584. The maximum Gasteiger partial charge on any atom is 0.234 e. The molecule has 0 bridgehead atoms. The Kier molecular flexibility index (Phi) is 5.72. The molecule has 0 unspecified atom stereocenters. The monoisotopic (exact) mass is 306 g/mol. The van der Waals surface area contributed by atoms with Gasteiger partial charge >= 0.3 is 0 Å². The maximum atomic E-state index is 13.1. The van der Waals surface area contributed by atoms with Crippen LogP contribution in [0.25, 0.3) is 0 Å². The summed E-state index contributed by atoms with van der Waals surface area (Å²) >= 11 is 5.76. The fourth-order valence-corrected chi connectivity index (χ4v) is 2.14. The van der Waals surface area contributed by atoms with E-state index >= 15 is 0 Å². The lowest BCUT2D eigenvalue weighted by Gasteiger charge is -2.07.